The van der Waals surface area contributed by atoms with Gasteiger partial charge in [0.05, 0.1) is 24.1 Å². The molecule has 0 aliphatic rings. The molecule has 2 rings (SSSR count). The second kappa shape index (κ2) is 5.65. The molecule has 0 amide bonds. The van der Waals surface area contributed by atoms with Gasteiger partial charge in [0, 0.05) is 20.3 Å². The van der Waals surface area contributed by atoms with Gasteiger partial charge in [0.15, 0.2) is 0 Å². The van der Waals surface area contributed by atoms with E-state index in [0.29, 0.717) is 0 Å². The highest BCUT2D eigenvalue weighted by molar-refractivity contribution is 5.49. The number of anilines is 2. The quantitative estimate of drug-likeness (QED) is 0.917. The molecule has 19 heavy (non-hydrogen) atoms. The lowest BCUT2D eigenvalue weighted by atomic mass is 10.1. The highest BCUT2D eigenvalue weighted by Gasteiger charge is 2.07. The van der Waals surface area contributed by atoms with Gasteiger partial charge in [-0.3, -0.25) is 4.98 Å². The Morgan fingerprint density at radius 2 is 2.00 bits per heavy atom. The van der Waals surface area contributed by atoms with E-state index in [9.17, 15) is 4.39 Å². The Hall–Kier alpha value is -2.17. The molecule has 1 N–H and O–H groups in total. The molecule has 0 spiro atoms. The van der Waals surface area contributed by atoms with Gasteiger partial charge in [-0.1, -0.05) is 0 Å². The number of hydrogen-bond acceptors (Lipinski definition) is 4. The van der Waals surface area contributed by atoms with Crippen molar-refractivity contribution in [2.45, 2.75) is 13.0 Å². The maximum absolute atomic E-state index is 13.1. The van der Waals surface area contributed by atoms with Gasteiger partial charge in [-0.15, -0.1) is 0 Å². The normalized spacial score (nSPS) is 12.0. The van der Waals surface area contributed by atoms with Crippen LogP contribution in [0.2, 0.25) is 0 Å². The van der Waals surface area contributed by atoms with Crippen LogP contribution in [-0.2, 0) is 0 Å². The SMILES string of the molecule is CC(Nc1ccc(N(C)C)nc1)c1cncc(F)c1. The fourth-order valence-corrected chi connectivity index (χ4v) is 1.73. The van der Waals surface area contributed by atoms with E-state index in [1.165, 1.54) is 12.3 Å². The van der Waals surface area contributed by atoms with Gasteiger partial charge < -0.3 is 10.2 Å². The average molecular weight is 260 g/mol. The second-order valence-corrected chi connectivity index (χ2v) is 4.60. The summed E-state index contributed by atoms with van der Waals surface area (Å²) in [6.45, 7) is 1.95. The largest absolute Gasteiger partial charge is 0.377 e. The highest BCUT2D eigenvalue weighted by atomic mass is 19.1. The average Bonchev–Trinajstić information content (AvgIpc) is 2.39. The van der Waals surface area contributed by atoms with Crippen LogP contribution in [0.25, 0.3) is 0 Å². The van der Waals surface area contributed by atoms with Crippen molar-refractivity contribution in [1.29, 1.82) is 0 Å². The Bertz CT molecular complexity index is 539. The second-order valence-electron chi connectivity index (χ2n) is 4.60. The molecule has 0 aromatic carbocycles. The van der Waals surface area contributed by atoms with Crippen LogP contribution in [0.1, 0.15) is 18.5 Å². The first kappa shape index (κ1) is 13.3. The highest BCUT2D eigenvalue weighted by Crippen LogP contribution is 2.19. The molecule has 4 nitrogen and oxygen atoms in total. The summed E-state index contributed by atoms with van der Waals surface area (Å²) in [6, 6.07) is 5.33. The first-order valence-corrected chi connectivity index (χ1v) is 6.06. The summed E-state index contributed by atoms with van der Waals surface area (Å²) in [5.74, 6) is 0.567. The minimum Gasteiger partial charge on any atom is -0.377 e. The maximum Gasteiger partial charge on any atom is 0.141 e. The molecule has 0 radical (unpaired) electrons. The molecule has 0 saturated carbocycles. The van der Waals surface area contributed by atoms with Crippen molar-refractivity contribution in [2.24, 2.45) is 0 Å². The predicted octanol–water partition coefficient (Wildman–Crippen LogP) is 2.85. The number of rotatable bonds is 4. The molecule has 100 valence electrons. The van der Waals surface area contributed by atoms with Gasteiger partial charge in [0.25, 0.3) is 0 Å². The van der Waals surface area contributed by atoms with Gasteiger partial charge in [0.1, 0.15) is 11.6 Å². The van der Waals surface area contributed by atoms with E-state index in [4.69, 9.17) is 0 Å². The van der Waals surface area contributed by atoms with Crippen molar-refractivity contribution in [3.05, 3.63) is 48.2 Å². The minimum absolute atomic E-state index is 0.0322. The lowest BCUT2D eigenvalue weighted by Crippen LogP contribution is -2.11. The van der Waals surface area contributed by atoms with E-state index >= 15 is 0 Å². The lowest BCUT2D eigenvalue weighted by Gasteiger charge is -2.16. The molecule has 2 aromatic rings. The summed E-state index contributed by atoms with van der Waals surface area (Å²) in [6.07, 6.45) is 4.62. The van der Waals surface area contributed by atoms with Gasteiger partial charge >= 0.3 is 0 Å². The third-order valence-electron chi connectivity index (χ3n) is 2.82. The molecule has 2 heterocycles. The predicted molar refractivity (Wildman–Crippen MR) is 74.8 cm³/mol. The third kappa shape index (κ3) is 3.40. The molecule has 0 aliphatic heterocycles. The molecular formula is C14H17FN4. The summed E-state index contributed by atoms with van der Waals surface area (Å²) in [7, 11) is 3.88. The molecule has 1 atom stereocenters. The van der Waals surface area contributed by atoms with Crippen molar-refractivity contribution in [3.63, 3.8) is 0 Å². The van der Waals surface area contributed by atoms with E-state index in [-0.39, 0.29) is 11.9 Å². The van der Waals surface area contributed by atoms with Crippen molar-refractivity contribution in [2.75, 3.05) is 24.3 Å². The zero-order chi connectivity index (χ0) is 13.8. The number of aromatic nitrogens is 2. The van der Waals surface area contributed by atoms with E-state index in [0.717, 1.165) is 17.1 Å². The maximum atomic E-state index is 13.1. The van der Waals surface area contributed by atoms with Crippen LogP contribution in [0.4, 0.5) is 15.9 Å². The Kier molecular flexibility index (Phi) is 3.94. The van der Waals surface area contributed by atoms with E-state index in [1.807, 2.05) is 38.1 Å². The topological polar surface area (TPSA) is 41.0 Å². The zero-order valence-electron chi connectivity index (χ0n) is 11.3. The summed E-state index contributed by atoms with van der Waals surface area (Å²) < 4.78 is 13.1. The number of nitrogens with one attached hydrogen (secondary N) is 1. The Balaban J connectivity index is 2.08. The van der Waals surface area contributed by atoms with Gasteiger partial charge in [-0.05, 0) is 30.7 Å². The number of halogens is 1. The van der Waals surface area contributed by atoms with Crippen molar-refractivity contribution in [3.8, 4) is 0 Å². The number of hydrogen-bond donors (Lipinski definition) is 1. The summed E-state index contributed by atoms with van der Waals surface area (Å²) in [4.78, 5) is 10.1. The monoisotopic (exact) mass is 260 g/mol. The van der Waals surface area contributed by atoms with E-state index in [1.54, 1.807) is 12.4 Å². The van der Waals surface area contributed by atoms with Crippen LogP contribution in [-0.4, -0.2) is 24.1 Å². The molecule has 1 unspecified atom stereocenters. The van der Waals surface area contributed by atoms with Crippen LogP contribution in [0, 0.1) is 5.82 Å². The minimum atomic E-state index is -0.327. The third-order valence-corrected chi connectivity index (χ3v) is 2.82. The molecule has 2 aromatic heterocycles. The van der Waals surface area contributed by atoms with Crippen molar-refractivity contribution in [1.82, 2.24) is 9.97 Å². The van der Waals surface area contributed by atoms with Crippen LogP contribution in [0.15, 0.2) is 36.8 Å². The van der Waals surface area contributed by atoms with Crippen molar-refractivity contribution < 1.29 is 4.39 Å². The molecular weight excluding hydrogens is 243 g/mol. The van der Waals surface area contributed by atoms with Gasteiger partial charge in [0.2, 0.25) is 0 Å². The Morgan fingerprint density at radius 1 is 1.21 bits per heavy atom. The van der Waals surface area contributed by atoms with Crippen LogP contribution in [0.3, 0.4) is 0 Å². The van der Waals surface area contributed by atoms with E-state index < -0.39 is 0 Å². The molecule has 0 fully saturated rings. The fraction of sp³-hybridized carbons (Fsp3) is 0.286. The Morgan fingerprint density at radius 3 is 2.58 bits per heavy atom. The fourth-order valence-electron chi connectivity index (χ4n) is 1.73. The smallest absolute Gasteiger partial charge is 0.141 e. The lowest BCUT2D eigenvalue weighted by molar-refractivity contribution is 0.616. The molecule has 0 bridgehead atoms. The molecule has 5 heteroatoms. The summed E-state index contributed by atoms with van der Waals surface area (Å²) >= 11 is 0. The zero-order valence-corrected chi connectivity index (χ0v) is 11.3. The van der Waals surface area contributed by atoms with E-state index in [2.05, 4.69) is 15.3 Å². The summed E-state index contributed by atoms with van der Waals surface area (Å²) in [5, 5.41) is 3.26. The summed E-state index contributed by atoms with van der Waals surface area (Å²) in [5.41, 5.74) is 1.69. The van der Waals surface area contributed by atoms with Crippen LogP contribution < -0.4 is 10.2 Å². The van der Waals surface area contributed by atoms with Gasteiger partial charge in [-0.2, -0.15) is 0 Å². The van der Waals surface area contributed by atoms with Gasteiger partial charge in [-0.25, -0.2) is 9.37 Å². The van der Waals surface area contributed by atoms with Crippen LogP contribution in [0.5, 0.6) is 0 Å². The number of nitrogens with zero attached hydrogens (tertiary/aromatic N) is 3. The first-order chi connectivity index (χ1) is 9.06. The standard InChI is InChI=1S/C14H17FN4/c1-10(11-6-12(15)8-16-7-11)18-13-4-5-14(17-9-13)19(2)3/h4-10,18H,1-3H3. The molecule has 0 aliphatic carbocycles. The number of pyridine rings is 2. The van der Waals surface area contributed by atoms with Crippen LogP contribution >= 0.6 is 0 Å². The Labute approximate surface area is 112 Å². The van der Waals surface area contributed by atoms with Crippen molar-refractivity contribution >= 4 is 11.5 Å². The first-order valence-electron chi connectivity index (χ1n) is 6.06. The molecule has 0 saturated heterocycles.